The monoisotopic (exact) mass is 360 g/mol. The third kappa shape index (κ3) is 3.24. The summed E-state index contributed by atoms with van der Waals surface area (Å²) in [6, 6.07) is 7.18. The first-order valence-corrected chi connectivity index (χ1v) is 7.98. The first-order valence-electron chi connectivity index (χ1n) is 7.60. The van der Waals surface area contributed by atoms with E-state index in [9.17, 15) is 4.79 Å². The Hall–Kier alpha value is -2.78. The molecule has 9 nitrogen and oxygen atoms in total. The van der Waals surface area contributed by atoms with Crippen LogP contribution >= 0.6 is 11.6 Å². The van der Waals surface area contributed by atoms with Crippen molar-refractivity contribution in [1.82, 2.24) is 30.0 Å². The van der Waals surface area contributed by atoms with Crippen LogP contribution in [-0.4, -0.2) is 62.2 Å². The van der Waals surface area contributed by atoms with E-state index in [1.807, 2.05) is 12.1 Å². The van der Waals surface area contributed by atoms with Crippen LogP contribution in [0.4, 0.5) is 0 Å². The Balaban J connectivity index is 1.55. The molecular weight excluding hydrogens is 348 g/mol. The molecule has 0 unspecified atom stereocenters. The largest absolute Gasteiger partial charge is 0.378 e. The lowest BCUT2D eigenvalue weighted by atomic mass is 10.3. The minimum absolute atomic E-state index is 0.0748. The van der Waals surface area contributed by atoms with Crippen molar-refractivity contribution in [2.24, 2.45) is 0 Å². The second kappa shape index (κ2) is 6.61. The third-order valence-electron chi connectivity index (χ3n) is 3.70. The van der Waals surface area contributed by atoms with Gasteiger partial charge in [-0.3, -0.25) is 4.79 Å². The predicted octanol–water partition coefficient (Wildman–Crippen LogP) is 1.44. The van der Waals surface area contributed by atoms with Gasteiger partial charge in [0.25, 0.3) is 0 Å². The Morgan fingerprint density at radius 1 is 1.24 bits per heavy atom. The zero-order chi connectivity index (χ0) is 17.2. The molecule has 1 amide bonds. The highest BCUT2D eigenvalue weighted by Crippen LogP contribution is 2.18. The van der Waals surface area contributed by atoms with E-state index in [-0.39, 0.29) is 17.6 Å². The molecule has 0 spiro atoms. The second-order valence-electron chi connectivity index (χ2n) is 5.36. The van der Waals surface area contributed by atoms with Crippen LogP contribution in [0.3, 0.4) is 0 Å². The van der Waals surface area contributed by atoms with Crippen LogP contribution in [-0.2, 0) is 4.74 Å². The van der Waals surface area contributed by atoms with Crippen molar-refractivity contribution in [3.05, 3.63) is 41.4 Å². The maximum atomic E-state index is 12.3. The number of morpholine rings is 1. The fourth-order valence-electron chi connectivity index (χ4n) is 2.43. The number of carbonyl (C=O) groups is 1. The first kappa shape index (κ1) is 15.7. The normalized spacial score (nSPS) is 14.7. The number of rotatable bonds is 3. The number of hydrogen-bond acceptors (Lipinski definition) is 7. The molecule has 0 atom stereocenters. The molecule has 0 bridgehead atoms. The van der Waals surface area contributed by atoms with Crippen molar-refractivity contribution < 1.29 is 14.1 Å². The predicted molar refractivity (Wildman–Crippen MR) is 86.4 cm³/mol. The number of carbonyl (C=O) groups excluding carboxylic acids is 1. The molecule has 4 rings (SSSR count). The van der Waals surface area contributed by atoms with E-state index in [0.717, 1.165) is 5.69 Å². The average Bonchev–Trinajstić information content (AvgIpc) is 3.31. The van der Waals surface area contributed by atoms with Crippen LogP contribution in [0.1, 0.15) is 10.7 Å². The molecule has 3 aromatic rings. The van der Waals surface area contributed by atoms with Gasteiger partial charge < -0.3 is 14.2 Å². The zero-order valence-electron chi connectivity index (χ0n) is 13.0. The van der Waals surface area contributed by atoms with E-state index in [1.165, 1.54) is 0 Å². The molecule has 10 heteroatoms. The molecular formula is C15H13ClN6O3. The first-order chi connectivity index (χ1) is 12.2. The highest BCUT2D eigenvalue weighted by atomic mass is 35.5. The van der Waals surface area contributed by atoms with Crippen molar-refractivity contribution >= 4 is 17.5 Å². The van der Waals surface area contributed by atoms with E-state index in [4.69, 9.17) is 20.9 Å². The summed E-state index contributed by atoms with van der Waals surface area (Å²) in [5.74, 6) is -0.191. The van der Waals surface area contributed by atoms with Gasteiger partial charge in [-0.05, 0) is 18.2 Å². The van der Waals surface area contributed by atoms with Crippen LogP contribution in [0.2, 0.25) is 5.02 Å². The molecule has 1 aromatic carbocycles. The Morgan fingerprint density at radius 2 is 2.08 bits per heavy atom. The quantitative estimate of drug-likeness (QED) is 0.696. The molecule has 0 radical (unpaired) electrons. The summed E-state index contributed by atoms with van der Waals surface area (Å²) < 4.78 is 11.8. The minimum Gasteiger partial charge on any atom is -0.378 e. The maximum absolute atomic E-state index is 12.3. The van der Waals surface area contributed by atoms with E-state index >= 15 is 0 Å². The molecule has 0 aliphatic carbocycles. The zero-order valence-corrected chi connectivity index (χ0v) is 13.8. The van der Waals surface area contributed by atoms with E-state index < -0.39 is 0 Å². The van der Waals surface area contributed by atoms with Crippen molar-refractivity contribution in [3.8, 4) is 17.2 Å². The van der Waals surface area contributed by atoms with Gasteiger partial charge >= 0.3 is 11.8 Å². The molecule has 1 aliphatic heterocycles. The highest BCUT2D eigenvalue weighted by Gasteiger charge is 2.25. The number of hydrogen-bond donors (Lipinski definition) is 0. The van der Waals surface area contributed by atoms with E-state index in [2.05, 4.69) is 20.5 Å². The summed E-state index contributed by atoms with van der Waals surface area (Å²) in [4.78, 5) is 18.1. The van der Waals surface area contributed by atoms with Gasteiger partial charge in [-0.1, -0.05) is 28.0 Å². The summed E-state index contributed by atoms with van der Waals surface area (Å²) in [5.41, 5.74) is 1.14. The molecule has 3 heterocycles. The van der Waals surface area contributed by atoms with Gasteiger partial charge in [-0.2, -0.15) is 4.98 Å². The van der Waals surface area contributed by atoms with Gasteiger partial charge in [-0.25, -0.2) is 4.68 Å². The van der Waals surface area contributed by atoms with E-state index in [1.54, 1.807) is 27.9 Å². The van der Waals surface area contributed by atoms with Gasteiger partial charge in [0.05, 0.1) is 25.1 Å². The molecule has 25 heavy (non-hydrogen) atoms. The Bertz CT molecular complexity index is 902. The lowest BCUT2D eigenvalue weighted by Crippen LogP contribution is -2.40. The van der Waals surface area contributed by atoms with Crippen molar-refractivity contribution in [2.75, 3.05) is 26.3 Å². The lowest BCUT2D eigenvalue weighted by Gasteiger charge is -2.25. The summed E-state index contributed by atoms with van der Waals surface area (Å²) in [5, 5.41) is 12.5. The topological polar surface area (TPSA) is 99.2 Å². The van der Waals surface area contributed by atoms with Gasteiger partial charge in [0.15, 0.2) is 5.69 Å². The molecule has 1 saturated heterocycles. The van der Waals surface area contributed by atoms with Crippen LogP contribution in [0.5, 0.6) is 0 Å². The molecule has 0 N–H and O–H groups in total. The van der Waals surface area contributed by atoms with Crippen molar-refractivity contribution in [2.45, 2.75) is 0 Å². The Kier molecular flexibility index (Phi) is 4.16. The second-order valence-corrected chi connectivity index (χ2v) is 5.79. The number of halogens is 1. The Labute approximate surface area is 147 Å². The van der Waals surface area contributed by atoms with Crippen LogP contribution in [0.25, 0.3) is 17.2 Å². The number of ether oxygens (including phenoxy) is 1. The number of benzene rings is 1. The molecule has 2 aromatic heterocycles. The summed E-state index contributed by atoms with van der Waals surface area (Å²) in [6.07, 6.45) is 1.64. The highest BCUT2D eigenvalue weighted by molar-refractivity contribution is 6.30. The number of nitrogens with zero attached hydrogens (tertiary/aromatic N) is 6. The number of aromatic nitrogens is 5. The number of amides is 1. The fourth-order valence-corrected chi connectivity index (χ4v) is 2.61. The van der Waals surface area contributed by atoms with Gasteiger partial charge in [0, 0.05) is 18.1 Å². The lowest BCUT2D eigenvalue weighted by molar-refractivity contribution is 0.0272. The summed E-state index contributed by atoms with van der Waals surface area (Å²) >= 11 is 5.98. The smallest absolute Gasteiger partial charge is 0.316 e. The van der Waals surface area contributed by atoms with Crippen molar-refractivity contribution in [1.29, 1.82) is 0 Å². The SMILES string of the molecule is O=C(c1nc(-c2cn(-c3cccc(Cl)c3)nn2)no1)N1CCOCC1. The summed E-state index contributed by atoms with van der Waals surface area (Å²) in [6.45, 7) is 2.00. The van der Waals surface area contributed by atoms with Crippen LogP contribution in [0.15, 0.2) is 35.0 Å². The van der Waals surface area contributed by atoms with Crippen molar-refractivity contribution in [3.63, 3.8) is 0 Å². The van der Waals surface area contributed by atoms with Crippen LogP contribution in [0, 0.1) is 0 Å². The average molecular weight is 361 g/mol. The molecule has 1 fully saturated rings. The van der Waals surface area contributed by atoms with E-state index in [0.29, 0.717) is 37.0 Å². The fraction of sp³-hybridized carbons (Fsp3) is 0.267. The van der Waals surface area contributed by atoms with Crippen LogP contribution < -0.4 is 0 Å². The Morgan fingerprint density at radius 3 is 2.88 bits per heavy atom. The van der Waals surface area contributed by atoms with Gasteiger partial charge in [-0.15, -0.1) is 5.10 Å². The molecule has 128 valence electrons. The van der Waals surface area contributed by atoms with Gasteiger partial charge in [0.1, 0.15) is 0 Å². The third-order valence-corrected chi connectivity index (χ3v) is 3.94. The molecule has 1 aliphatic rings. The van der Waals surface area contributed by atoms with Gasteiger partial charge in [0.2, 0.25) is 5.82 Å². The maximum Gasteiger partial charge on any atom is 0.316 e. The summed E-state index contributed by atoms with van der Waals surface area (Å²) in [7, 11) is 0. The minimum atomic E-state index is -0.315. The standard InChI is InChI=1S/C15H13ClN6O3/c16-10-2-1-3-11(8-10)22-9-12(18-20-22)13-17-14(25-19-13)15(23)21-4-6-24-7-5-21/h1-3,8-9H,4-7H2. The molecule has 0 saturated carbocycles.